The minimum absolute atomic E-state index is 0.580. The SMILES string of the molecule is CCCn1ccnc1Cc1ncnc(N)c1CC. The highest BCUT2D eigenvalue weighted by Gasteiger charge is 2.11. The third-order valence-electron chi connectivity index (χ3n) is 3.01. The van der Waals surface area contributed by atoms with Crippen molar-refractivity contribution in [1.29, 1.82) is 0 Å². The van der Waals surface area contributed by atoms with Gasteiger partial charge < -0.3 is 10.3 Å². The lowest BCUT2D eigenvalue weighted by atomic mass is 10.1. The molecule has 0 aromatic carbocycles. The molecule has 0 saturated carbocycles. The Morgan fingerprint density at radius 3 is 2.78 bits per heavy atom. The fraction of sp³-hybridized carbons (Fsp3) is 0.462. The lowest BCUT2D eigenvalue weighted by Gasteiger charge is -2.10. The second-order valence-corrected chi connectivity index (χ2v) is 4.25. The number of aryl methyl sites for hydroxylation is 1. The molecule has 0 aliphatic carbocycles. The summed E-state index contributed by atoms with van der Waals surface area (Å²) in [5, 5.41) is 0. The molecule has 0 aliphatic rings. The van der Waals surface area contributed by atoms with E-state index in [0.29, 0.717) is 12.2 Å². The van der Waals surface area contributed by atoms with Crippen molar-refractivity contribution in [2.45, 2.75) is 39.7 Å². The second-order valence-electron chi connectivity index (χ2n) is 4.25. The van der Waals surface area contributed by atoms with Crippen molar-refractivity contribution in [3.63, 3.8) is 0 Å². The standard InChI is InChI=1S/C13H19N5/c1-3-6-18-7-5-15-12(18)8-11-10(4-2)13(14)17-9-16-11/h5,7,9H,3-4,6,8H2,1-2H3,(H2,14,16,17). The molecule has 5 nitrogen and oxygen atoms in total. The Hall–Kier alpha value is -1.91. The highest BCUT2D eigenvalue weighted by Crippen LogP contribution is 2.16. The fourth-order valence-electron chi connectivity index (χ4n) is 2.10. The van der Waals surface area contributed by atoms with Gasteiger partial charge in [0.05, 0.1) is 5.69 Å². The van der Waals surface area contributed by atoms with Crippen LogP contribution in [-0.4, -0.2) is 19.5 Å². The first-order valence-electron chi connectivity index (χ1n) is 6.34. The maximum Gasteiger partial charge on any atom is 0.130 e. The number of hydrogen-bond donors (Lipinski definition) is 1. The molecule has 5 heteroatoms. The minimum atomic E-state index is 0.580. The Bertz CT molecular complexity index is 518. The van der Waals surface area contributed by atoms with E-state index in [9.17, 15) is 0 Å². The summed E-state index contributed by atoms with van der Waals surface area (Å²) >= 11 is 0. The molecule has 2 heterocycles. The molecule has 0 fully saturated rings. The normalized spacial score (nSPS) is 10.8. The van der Waals surface area contributed by atoms with Crippen LogP contribution in [0.25, 0.3) is 0 Å². The predicted molar refractivity (Wildman–Crippen MR) is 71.1 cm³/mol. The third-order valence-corrected chi connectivity index (χ3v) is 3.01. The molecule has 0 radical (unpaired) electrons. The van der Waals surface area contributed by atoms with Crippen LogP contribution >= 0.6 is 0 Å². The third kappa shape index (κ3) is 2.50. The van der Waals surface area contributed by atoms with Gasteiger partial charge in [-0.05, 0) is 12.8 Å². The van der Waals surface area contributed by atoms with Gasteiger partial charge in [0.15, 0.2) is 0 Å². The Balaban J connectivity index is 2.28. The van der Waals surface area contributed by atoms with Crippen LogP contribution in [0.2, 0.25) is 0 Å². The first-order valence-corrected chi connectivity index (χ1v) is 6.34. The van der Waals surface area contributed by atoms with Gasteiger partial charge in [0.25, 0.3) is 0 Å². The molecule has 0 bridgehead atoms. The number of nitrogens with two attached hydrogens (primary N) is 1. The molecule has 18 heavy (non-hydrogen) atoms. The van der Waals surface area contributed by atoms with E-state index >= 15 is 0 Å². The Morgan fingerprint density at radius 2 is 2.06 bits per heavy atom. The molecule has 2 aromatic heterocycles. The van der Waals surface area contributed by atoms with E-state index in [0.717, 1.165) is 36.5 Å². The van der Waals surface area contributed by atoms with E-state index in [1.807, 2.05) is 12.4 Å². The molecule has 0 saturated heterocycles. The Morgan fingerprint density at radius 1 is 1.22 bits per heavy atom. The average Bonchev–Trinajstić information content (AvgIpc) is 2.78. The maximum atomic E-state index is 5.88. The first-order chi connectivity index (χ1) is 8.76. The van der Waals surface area contributed by atoms with Gasteiger partial charge in [-0.1, -0.05) is 13.8 Å². The van der Waals surface area contributed by atoms with Crippen LogP contribution in [0.15, 0.2) is 18.7 Å². The predicted octanol–water partition coefficient (Wildman–Crippen LogP) is 1.82. The number of anilines is 1. The zero-order valence-electron chi connectivity index (χ0n) is 10.9. The van der Waals surface area contributed by atoms with E-state index in [1.54, 1.807) is 0 Å². The van der Waals surface area contributed by atoms with Gasteiger partial charge in [0.2, 0.25) is 0 Å². The zero-order chi connectivity index (χ0) is 13.0. The number of aromatic nitrogens is 4. The van der Waals surface area contributed by atoms with E-state index < -0.39 is 0 Å². The van der Waals surface area contributed by atoms with Gasteiger partial charge in [-0.15, -0.1) is 0 Å². The van der Waals surface area contributed by atoms with Crippen LogP contribution in [0.3, 0.4) is 0 Å². The van der Waals surface area contributed by atoms with Gasteiger partial charge in [-0.2, -0.15) is 0 Å². The largest absolute Gasteiger partial charge is 0.383 e. The first kappa shape index (κ1) is 12.5. The summed E-state index contributed by atoms with van der Waals surface area (Å²) in [7, 11) is 0. The average molecular weight is 245 g/mol. The molecule has 96 valence electrons. The lowest BCUT2D eigenvalue weighted by molar-refractivity contribution is 0.643. The fourth-order valence-corrected chi connectivity index (χ4v) is 2.10. The van der Waals surface area contributed by atoms with E-state index in [-0.39, 0.29) is 0 Å². The highest BCUT2D eigenvalue weighted by molar-refractivity contribution is 5.42. The van der Waals surface area contributed by atoms with Crippen molar-refractivity contribution in [2.75, 3.05) is 5.73 Å². The van der Waals surface area contributed by atoms with Crippen molar-refractivity contribution < 1.29 is 0 Å². The molecule has 0 aliphatic heterocycles. The highest BCUT2D eigenvalue weighted by atomic mass is 15.1. The van der Waals surface area contributed by atoms with Gasteiger partial charge >= 0.3 is 0 Å². The summed E-state index contributed by atoms with van der Waals surface area (Å²) in [4.78, 5) is 12.8. The summed E-state index contributed by atoms with van der Waals surface area (Å²) < 4.78 is 2.16. The summed E-state index contributed by atoms with van der Waals surface area (Å²) in [5.74, 6) is 1.61. The molecular weight excluding hydrogens is 226 g/mol. The molecule has 2 N–H and O–H groups in total. The number of nitrogen functional groups attached to an aromatic ring is 1. The van der Waals surface area contributed by atoms with Crippen LogP contribution in [0.4, 0.5) is 5.82 Å². The van der Waals surface area contributed by atoms with Crippen molar-refractivity contribution in [1.82, 2.24) is 19.5 Å². The number of hydrogen-bond acceptors (Lipinski definition) is 4. The summed E-state index contributed by atoms with van der Waals surface area (Å²) in [6.45, 7) is 5.21. The lowest BCUT2D eigenvalue weighted by Crippen LogP contribution is -2.09. The number of nitrogens with zero attached hydrogens (tertiary/aromatic N) is 4. The zero-order valence-corrected chi connectivity index (χ0v) is 10.9. The van der Waals surface area contributed by atoms with Gasteiger partial charge in [-0.25, -0.2) is 15.0 Å². The second kappa shape index (κ2) is 5.62. The summed E-state index contributed by atoms with van der Waals surface area (Å²) in [6, 6.07) is 0. The maximum absolute atomic E-state index is 5.88. The van der Waals surface area contributed by atoms with Gasteiger partial charge in [0, 0.05) is 30.9 Å². The van der Waals surface area contributed by atoms with Gasteiger partial charge in [0.1, 0.15) is 18.0 Å². The van der Waals surface area contributed by atoms with Crippen LogP contribution in [0.5, 0.6) is 0 Å². The van der Waals surface area contributed by atoms with Crippen molar-refractivity contribution in [3.05, 3.63) is 35.8 Å². The Labute approximate surface area is 107 Å². The van der Waals surface area contributed by atoms with Crippen LogP contribution in [-0.2, 0) is 19.4 Å². The number of imidazole rings is 1. The topological polar surface area (TPSA) is 69.6 Å². The van der Waals surface area contributed by atoms with Gasteiger partial charge in [-0.3, -0.25) is 0 Å². The smallest absolute Gasteiger partial charge is 0.130 e. The Kier molecular flexibility index (Phi) is 3.92. The van der Waals surface area contributed by atoms with Crippen molar-refractivity contribution >= 4 is 5.82 Å². The van der Waals surface area contributed by atoms with E-state index in [4.69, 9.17) is 5.73 Å². The molecule has 2 aromatic rings. The van der Waals surface area contributed by atoms with Crippen LogP contribution in [0.1, 0.15) is 37.4 Å². The molecule has 0 amide bonds. The molecule has 2 rings (SSSR count). The van der Waals surface area contributed by atoms with E-state index in [2.05, 4.69) is 33.4 Å². The molecule has 0 unspecified atom stereocenters. The van der Waals surface area contributed by atoms with Crippen LogP contribution < -0.4 is 5.73 Å². The minimum Gasteiger partial charge on any atom is -0.383 e. The molecule has 0 atom stereocenters. The molecule has 0 spiro atoms. The monoisotopic (exact) mass is 245 g/mol. The summed E-state index contributed by atoms with van der Waals surface area (Å²) in [6.07, 6.45) is 8.02. The molecular formula is C13H19N5. The summed E-state index contributed by atoms with van der Waals surface area (Å²) in [5.41, 5.74) is 7.89. The van der Waals surface area contributed by atoms with Crippen molar-refractivity contribution in [2.24, 2.45) is 0 Å². The number of rotatable bonds is 5. The van der Waals surface area contributed by atoms with E-state index in [1.165, 1.54) is 6.33 Å². The van der Waals surface area contributed by atoms with Crippen LogP contribution in [0, 0.1) is 0 Å². The van der Waals surface area contributed by atoms with Crippen molar-refractivity contribution in [3.8, 4) is 0 Å². The quantitative estimate of drug-likeness (QED) is 0.872.